The van der Waals surface area contributed by atoms with E-state index in [1.54, 1.807) is 37.2 Å². The largest absolute Gasteiger partial charge is 0.381 e. The van der Waals surface area contributed by atoms with E-state index in [4.69, 9.17) is 30.7 Å². The van der Waals surface area contributed by atoms with E-state index < -0.39 is 0 Å². The first-order valence-electron chi connectivity index (χ1n) is 24.5. The van der Waals surface area contributed by atoms with Crippen LogP contribution < -0.4 is 31.9 Å². The molecule has 4 aliphatic heterocycles. The fourth-order valence-corrected chi connectivity index (χ4v) is 8.15. The van der Waals surface area contributed by atoms with Crippen LogP contribution in [0.1, 0.15) is 112 Å². The molecule has 0 bridgehead atoms. The number of halogens is 1. The number of carbonyl (C=O) groups excluding carboxylic acids is 2. The van der Waals surface area contributed by atoms with Gasteiger partial charge in [-0.15, -0.1) is 0 Å². The van der Waals surface area contributed by atoms with Crippen LogP contribution in [0.25, 0.3) is 22.5 Å². The van der Waals surface area contributed by atoms with Crippen LogP contribution in [0.3, 0.4) is 0 Å². The van der Waals surface area contributed by atoms with Gasteiger partial charge in [-0.25, -0.2) is 19.9 Å². The third-order valence-electron chi connectivity index (χ3n) is 11.7. The Bertz CT molecular complexity index is 1910. The van der Waals surface area contributed by atoms with E-state index in [1.807, 2.05) is 59.7 Å². The highest BCUT2D eigenvalue weighted by Crippen LogP contribution is 2.30. The van der Waals surface area contributed by atoms with Crippen molar-refractivity contribution in [2.75, 3.05) is 81.4 Å². The normalized spacial score (nSPS) is 19.3. The van der Waals surface area contributed by atoms with Gasteiger partial charge in [0.25, 0.3) is 0 Å². The van der Waals surface area contributed by atoms with Crippen LogP contribution in [0.5, 0.6) is 0 Å². The fraction of sp³-hybridized carbons (Fsp3) is 0.608. The molecule has 0 saturated carbocycles. The van der Waals surface area contributed by atoms with Gasteiger partial charge in [-0.05, 0) is 122 Å². The van der Waals surface area contributed by atoms with E-state index in [-0.39, 0.29) is 5.60 Å². The number of nitrogens with one attached hydrogen (secondary N) is 6. The number of hydrogen-bond acceptors (Lipinski definition) is 16. The Labute approximate surface area is 412 Å². The molecule has 8 heterocycles. The molecule has 6 N–H and O–H groups in total. The minimum atomic E-state index is -0.0291. The van der Waals surface area contributed by atoms with Crippen molar-refractivity contribution >= 4 is 48.5 Å². The quantitative estimate of drug-likeness (QED) is 0.0829. The monoisotopic (exact) mass is 963 g/mol. The highest BCUT2D eigenvalue weighted by Gasteiger charge is 2.28. The van der Waals surface area contributed by atoms with Crippen LogP contribution >= 0.6 is 11.6 Å². The first-order valence-corrected chi connectivity index (χ1v) is 24.9. The van der Waals surface area contributed by atoms with Gasteiger partial charge in [-0.1, -0.05) is 45.2 Å². The summed E-state index contributed by atoms with van der Waals surface area (Å²) in [4.78, 5) is 42.3. The van der Waals surface area contributed by atoms with Crippen molar-refractivity contribution in [1.29, 1.82) is 0 Å². The van der Waals surface area contributed by atoms with E-state index in [0.717, 1.165) is 116 Å². The van der Waals surface area contributed by atoms with Crippen molar-refractivity contribution in [3.8, 4) is 22.5 Å². The lowest BCUT2D eigenvalue weighted by Gasteiger charge is -2.35. The number of aromatic nitrogens is 6. The van der Waals surface area contributed by atoms with Crippen molar-refractivity contribution in [3.63, 3.8) is 0 Å². The Kier molecular flexibility index (Phi) is 30.7. The van der Waals surface area contributed by atoms with Crippen molar-refractivity contribution < 1.29 is 19.1 Å². The molecule has 4 saturated heterocycles. The summed E-state index contributed by atoms with van der Waals surface area (Å²) >= 11 is 6.25. The Hall–Kier alpha value is -4.87. The number of piperidine rings is 2. The molecular weight excluding hydrogens is 880 g/mol. The molecule has 3 atom stereocenters. The van der Waals surface area contributed by atoms with Crippen LogP contribution in [-0.4, -0.2) is 121 Å². The highest BCUT2D eigenvalue weighted by atomic mass is 35.5. The molecular formula is C51H83ClN12O4. The first-order chi connectivity index (χ1) is 33.1. The lowest BCUT2D eigenvalue weighted by Crippen LogP contribution is -2.36. The maximum absolute atomic E-state index is 8.00. The average molecular weight is 964 g/mol. The summed E-state index contributed by atoms with van der Waals surface area (Å²) in [6.07, 6.45) is 24.4. The van der Waals surface area contributed by atoms with Gasteiger partial charge in [0.2, 0.25) is 0 Å². The Morgan fingerprint density at radius 1 is 0.721 bits per heavy atom. The molecule has 68 heavy (non-hydrogen) atoms. The van der Waals surface area contributed by atoms with Gasteiger partial charge in [0.1, 0.15) is 36.8 Å². The summed E-state index contributed by atoms with van der Waals surface area (Å²) in [7, 11) is 3.67. The summed E-state index contributed by atoms with van der Waals surface area (Å²) < 4.78 is 11.2. The first kappa shape index (κ1) is 59.3. The molecule has 4 aromatic rings. The zero-order valence-electron chi connectivity index (χ0n) is 42.3. The van der Waals surface area contributed by atoms with Gasteiger partial charge in [0.05, 0.1) is 46.8 Å². The zero-order chi connectivity index (χ0) is 50.0. The van der Waals surface area contributed by atoms with Gasteiger partial charge in [-0.2, -0.15) is 0 Å². The highest BCUT2D eigenvalue weighted by molar-refractivity contribution is 6.33. The SMILES string of the molecule is C=O.C=O.CC.CC1CCCCN1.CC[C@@H]1CCCCN1.CNc1cc(-c2cncc(NCC3CCOC(C)(C)C3)n2)ccn1.CNc1cc(-c2cncc(NCC3CCOCC3)n2)c(Cl)cn1. The van der Waals surface area contributed by atoms with Gasteiger partial charge in [-0.3, -0.25) is 9.97 Å². The zero-order valence-corrected chi connectivity index (χ0v) is 43.1. The summed E-state index contributed by atoms with van der Waals surface area (Å²) in [6.45, 7) is 23.6. The fourth-order valence-electron chi connectivity index (χ4n) is 7.95. The molecule has 4 aromatic heterocycles. The van der Waals surface area contributed by atoms with Crippen LogP contribution in [0, 0.1) is 11.8 Å². The molecule has 17 heteroatoms. The molecule has 8 rings (SSSR count). The molecule has 0 spiro atoms. The molecule has 4 aliphatic rings. The maximum Gasteiger partial charge on any atom is 0.145 e. The second-order valence-corrected chi connectivity index (χ2v) is 17.7. The third kappa shape index (κ3) is 23.0. The van der Waals surface area contributed by atoms with E-state index >= 15 is 0 Å². The maximum atomic E-state index is 8.00. The van der Waals surface area contributed by atoms with Crippen LogP contribution in [-0.2, 0) is 19.1 Å². The summed E-state index contributed by atoms with van der Waals surface area (Å²) in [5.41, 5.74) is 3.35. The van der Waals surface area contributed by atoms with Crippen molar-refractivity contribution in [2.24, 2.45) is 11.8 Å². The number of anilines is 4. The number of ether oxygens (including phenoxy) is 2. The summed E-state index contributed by atoms with van der Waals surface area (Å²) in [6, 6.07) is 7.40. The predicted octanol–water partition coefficient (Wildman–Crippen LogP) is 9.61. The number of hydrogen-bond donors (Lipinski definition) is 6. The van der Waals surface area contributed by atoms with Crippen LogP contribution in [0.4, 0.5) is 23.3 Å². The lowest BCUT2D eigenvalue weighted by molar-refractivity contribution is -0.0987. The van der Waals surface area contributed by atoms with E-state index in [0.29, 0.717) is 16.9 Å². The Morgan fingerprint density at radius 2 is 1.31 bits per heavy atom. The molecule has 0 radical (unpaired) electrons. The number of pyridine rings is 2. The standard InChI is InChI=1S/C18H25N5O.C16H20ClN5O.C7H15N.C6H13N.C2H6.2CH2O/c1-18(2)9-13(5-7-24-18)10-22-17-12-20-11-15(23-17)14-4-6-21-16(8-14)19-3;1-18-15-6-12(13(17)8-21-15)14-9-19-10-16(22-14)20-7-11-2-4-23-5-3-11;1-2-7-5-3-4-6-8-7;1-6-4-2-3-5-7-6;3*1-2/h4,6,8,11-13H,5,7,9-10H2,1-3H3,(H,19,21)(H,22,23);6,8-11H,2-5,7H2,1H3,(H,18,21)(H,20,22);7-8H,2-6H2,1H3;6-7H,2-5H2,1H3;1-2H3;2*1H2/t;;7-;;;;/m..1..../s1. The molecule has 0 aliphatic carbocycles. The van der Waals surface area contributed by atoms with Gasteiger partial charge in [0.15, 0.2) is 0 Å². The summed E-state index contributed by atoms with van der Waals surface area (Å²) in [5, 5.41) is 20.2. The molecule has 378 valence electrons. The molecule has 0 aromatic carbocycles. The second kappa shape index (κ2) is 35.3. The van der Waals surface area contributed by atoms with Crippen LogP contribution in [0.15, 0.2) is 55.4 Å². The molecule has 0 amide bonds. The minimum Gasteiger partial charge on any atom is -0.381 e. The smallest absolute Gasteiger partial charge is 0.145 e. The molecule has 2 unspecified atom stereocenters. The van der Waals surface area contributed by atoms with E-state index in [1.165, 1.54) is 58.0 Å². The summed E-state index contributed by atoms with van der Waals surface area (Å²) in [5.74, 6) is 4.34. The van der Waals surface area contributed by atoms with Gasteiger partial charge in [0, 0.05) is 82.6 Å². The van der Waals surface area contributed by atoms with E-state index in [9.17, 15) is 0 Å². The second-order valence-electron chi connectivity index (χ2n) is 17.2. The Morgan fingerprint density at radius 3 is 1.85 bits per heavy atom. The minimum absolute atomic E-state index is 0.0291. The van der Waals surface area contributed by atoms with Gasteiger partial charge >= 0.3 is 0 Å². The predicted molar refractivity (Wildman–Crippen MR) is 281 cm³/mol. The molecule has 4 fully saturated rings. The van der Waals surface area contributed by atoms with Crippen molar-refractivity contribution in [1.82, 2.24) is 40.5 Å². The average Bonchev–Trinajstić information content (AvgIpc) is 3.40. The third-order valence-corrected chi connectivity index (χ3v) is 12.0. The van der Waals surface area contributed by atoms with Crippen molar-refractivity contribution in [3.05, 3.63) is 60.4 Å². The van der Waals surface area contributed by atoms with Crippen molar-refractivity contribution in [2.45, 2.75) is 130 Å². The number of rotatable bonds is 11. The molecule has 16 nitrogen and oxygen atoms in total. The van der Waals surface area contributed by atoms with Gasteiger partial charge < -0.3 is 51.0 Å². The lowest BCUT2D eigenvalue weighted by atomic mass is 9.88. The van der Waals surface area contributed by atoms with Crippen LogP contribution in [0.2, 0.25) is 5.02 Å². The number of nitrogens with zero attached hydrogens (tertiary/aromatic N) is 6. The number of carbonyl (C=O) groups is 2. The Balaban J connectivity index is 0.000000331. The topological polar surface area (TPSA) is 202 Å². The van der Waals surface area contributed by atoms with E-state index in [2.05, 4.69) is 89.5 Å².